The number of aromatic nitrogens is 2. The summed E-state index contributed by atoms with van der Waals surface area (Å²) in [6.07, 6.45) is 9.75. The predicted octanol–water partition coefficient (Wildman–Crippen LogP) is 2.65. The first kappa shape index (κ1) is 11.9. The molecule has 1 aromatic heterocycles. The second-order valence-corrected chi connectivity index (χ2v) is 3.58. The molecule has 82 valence electrons. The molecule has 0 aliphatic heterocycles. The second kappa shape index (κ2) is 7.12. The molecule has 0 aliphatic rings. The van der Waals surface area contributed by atoms with E-state index in [1.807, 2.05) is 6.08 Å². The molecular weight excluding hydrogens is 188 g/mol. The quantitative estimate of drug-likeness (QED) is 0.551. The fourth-order valence-corrected chi connectivity index (χ4v) is 1.45. The maximum absolute atomic E-state index is 9.77. The molecule has 0 bridgehead atoms. The van der Waals surface area contributed by atoms with Gasteiger partial charge in [-0.1, -0.05) is 18.9 Å². The summed E-state index contributed by atoms with van der Waals surface area (Å²) in [5.41, 5.74) is 0.716. The summed E-state index contributed by atoms with van der Waals surface area (Å²) in [6.45, 7) is 3.67. The van der Waals surface area contributed by atoms with E-state index in [0.29, 0.717) is 5.69 Å². The molecule has 1 unspecified atom stereocenters. The van der Waals surface area contributed by atoms with Crippen LogP contribution < -0.4 is 0 Å². The minimum absolute atomic E-state index is 0.447. The van der Waals surface area contributed by atoms with Crippen molar-refractivity contribution in [1.82, 2.24) is 9.97 Å². The molecule has 15 heavy (non-hydrogen) atoms. The largest absolute Gasteiger partial charge is 0.387 e. The Morgan fingerprint density at radius 3 is 2.93 bits per heavy atom. The lowest BCUT2D eigenvalue weighted by atomic mass is 10.1. The Balaban J connectivity index is 2.19. The summed E-state index contributed by atoms with van der Waals surface area (Å²) in [6, 6.07) is 1.76. The Morgan fingerprint density at radius 1 is 1.40 bits per heavy atom. The van der Waals surface area contributed by atoms with Crippen molar-refractivity contribution in [2.75, 3.05) is 0 Å². The lowest BCUT2D eigenvalue weighted by Crippen LogP contribution is -2.00. The highest BCUT2D eigenvalue weighted by Gasteiger charge is 2.07. The number of unbranched alkanes of at least 4 members (excludes halogenated alkanes) is 3. The Labute approximate surface area is 90.9 Å². The summed E-state index contributed by atoms with van der Waals surface area (Å²) in [5, 5.41) is 9.77. The maximum Gasteiger partial charge on any atom is 0.115 e. The highest BCUT2D eigenvalue weighted by molar-refractivity contribution is 5.01. The standard InChI is InChI=1S/C12H18N2O/c1-2-3-4-5-6-7-12(15)11-8-9-13-10-14-11/h2,8-10,12,15H,1,3-7H2. The second-order valence-electron chi connectivity index (χ2n) is 3.58. The molecule has 1 N–H and O–H groups in total. The normalized spacial score (nSPS) is 12.3. The van der Waals surface area contributed by atoms with Crippen molar-refractivity contribution < 1.29 is 5.11 Å². The van der Waals surface area contributed by atoms with Crippen LogP contribution in [0.25, 0.3) is 0 Å². The van der Waals surface area contributed by atoms with Gasteiger partial charge in [0.25, 0.3) is 0 Å². The van der Waals surface area contributed by atoms with Crippen LogP contribution in [0.4, 0.5) is 0 Å². The summed E-state index contributed by atoms with van der Waals surface area (Å²) in [7, 11) is 0. The lowest BCUT2D eigenvalue weighted by molar-refractivity contribution is 0.158. The van der Waals surface area contributed by atoms with Crippen molar-refractivity contribution in [3.8, 4) is 0 Å². The van der Waals surface area contributed by atoms with Crippen LogP contribution >= 0.6 is 0 Å². The van der Waals surface area contributed by atoms with Crippen LogP contribution in [0.3, 0.4) is 0 Å². The van der Waals surface area contributed by atoms with Crippen LogP contribution in [0, 0.1) is 0 Å². The molecule has 1 rings (SSSR count). The first-order valence-corrected chi connectivity index (χ1v) is 5.39. The minimum atomic E-state index is -0.447. The zero-order valence-electron chi connectivity index (χ0n) is 8.97. The van der Waals surface area contributed by atoms with Gasteiger partial charge < -0.3 is 5.11 Å². The van der Waals surface area contributed by atoms with Crippen LogP contribution in [0.5, 0.6) is 0 Å². The molecule has 0 saturated heterocycles. The van der Waals surface area contributed by atoms with Gasteiger partial charge in [-0.25, -0.2) is 9.97 Å². The maximum atomic E-state index is 9.77. The number of aliphatic hydroxyl groups is 1. The molecule has 1 heterocycles. The van der Waals surface area contributed by atoms with E-state index < -0.39 is 6.10 Å². The molecule has 0 aliphatic carbocycles. The van der Waals surface area contributed by atoms with Crippen molar-refractivity contribution in [2.45, 2.75) is 38.2 Å². The molecule has 0 fully saturated rings. The van der Waals surface area contributed by atoms with Crippen molar-refractivity contribution in [1.29, 1.82) is 0 Å². The van der Waals surface area contributed by atoms with Crippen LogP contribution in [0.1, 0.15) is 43.9 Å². The fraction of sp³-hybridized carbons (Fsp3) is 0.500. The highest BCUT2D eigenvalue weighted by Crippen LogP contribution is 2.17. The van der Waals surface area contributed by atoms with Gasteiger partial charge in [-0.05, 0) is 25.3 Å². The average molecular weight is 206 g/mol. The van der Waals surface area contributed by atoms with Gasteiger partial charge in [-0.3, -0.25) is 0 Å². The number of hydrogen-bond donors (Lipinski definition) is 1. The van der Waals surface area contributed by atoms with E-state index in [4.69, 9.17) is 0 Å². The van der Waals surface area contributed by atoms with Gasteiger partial charge in [0.05, 0.1) is 11.8 Å². The van der Waals surface area contributed by atoms with Gasteiger partial charge in [-0.15, -0.1) is 6.58 Å². The number of hydrogen-bond acceptors (Lipinski definition) is 3. The molecule has 1 atom stereocenters. The summed E-state index contributed by atoms with van der Waals surface area (Å²) < 4.78 is 0. The fourth-order valence-electron chi connectivity index (χ4n) is 1.45. The van der Waals surface area contributed by atoms with Gasteiger partial charge in [0.2, 0.25) is 0 Å². The Hall–Kier alpha value is -1.22. The number of allylic oxidation sites excluding steroid dienone is 1. The van der Waals surface area contributed by atoms with Crippen molar-refractivity contribution >= 4 is 0 Å². The van der Waals surface area contributed by atoms with E-state index in [1.165, 1.54) is 6.33 Å². The Morgan fingerprint density at radius 2 is 2.27 bits per heavy atom. The van der Waals surface area contributed by atoms with E-state index in [2.05, 4.69) is 16.5 Å². The average Bonchev–Trinajstić information content (AvgIpc) is 2.30. The van der Waals surface area contributed by atoms with E-state index >= 15 is 0 Å². The SMILES string of the molecule is C=CCCCCCC(O)c1ccncn1. The van der Waals surface area contributed by atoms with Crippen molar-refractivity contribution in [2.24, 2.45) is 0 Å². The molecule has 0 radical (unpaired) electrons. The Bertz CT molecular complexity index is 274. The van der Waals surface area contributed by atoms with E-state index in [9.17, 15) is 5.11 Å². The summed E-state index contributed by atoms with van der Waals surface area (Å²) in [4.78, 5) is 7.83. The minimum Gasteiger partial charge on any atom is -0.387 e. The van der Waals surface area contributed by atoms with Crippen LogP contribution in [0.2, 0.25) is 0 Å². The Kier molecular flexibility index (Phi) is 5.63. The number of aliphatic hydroxyl groups excluding tert-OH is 1. The third kappa shape index (κ3) is 4.70. The van der Waals surface area contributed by atoms with Gasteiger partial charge in [0.1, 0.15) is 6.33 Å². The van der Waals surface area contributed by atoms with E-state index in [1.54, 1.807) is 12.3 Å². The first-order valence-electron chi connectivity index (χ1n) is 5.39. The molecule has 1 aromatic rings. The summed E-state index contributed by atoms with van der Waals surface area (Å²) in [5.74, 6) is 0. The molecule has 0 saturated carbocycles. The highest BCUT2D eigenvalue weighted by atomic mass is 16.3. The van der Waals surface area contributed by atoms with Crippen LogP contribution in [0.15, 0.2) is 31.2 Å². The first-order chi connectivity index (χ1) is 7.34. The third-order valence-electron chi connectivity index (χ3n) is 2.33. The lowest BCUT2D eigenvalue weighted by Gasteiger charge is -2.08. The van der Waals surface area contributed by atoms with Gasteiger partial charge >= 0.3 is 0 Å². The van der Waals surface area contributed by atoms with E-state index in [0.717, 1.165) is 32.1 Å². The predicted molar refractivity (Wildman–Crippen MR) is 60.3 cm³/mol. The third-order valence-corrected chi connectivity index (χ3v) is 2.33. The van der Waals surface area contributed by atoms with Crippen LogP contribution in [-0.4, -0.2) is 15.1 Å². The monoisotopic (exact) mass is 206 g/mol. The van der Waals surface area contributed by atoms with Crippen LogP contribution in [-0.2, 0) is 0 Å². The smallest absolute Gasteiger partial charge is 0.115 e. The molecular formula is C12H18N2O. The van der Waals surface area contributed by atoms with E-state index in [-0.39, 0.29) is 0 Å². The zero-order chi connectivity index (χ0) is 10.9. The molecule has 3 heteroatoms. The zero-order valence-corrected chi connectivity index (χ0v) is 8.97. The van der Waals surface area contributed by atoms with Gasteiger partial charge in [0, 0.05) is 6.20 Å². The van der Waals surface area contributed by atoms with Gasteiger partial charge in [-0.2, -0.15) is 0 Å². The molecule has 0 aromatic carbocycles. The van der Waals surface area contributed by atoms with Crippen molar-refractivity contribution in [3.05, 3.63) is 36.9 Å². The van der Waals surface area contributed by atoms with Gasteiger partial charge in [0.15, 0.2) is 0 Å². The van der Waals surface area contributed by atoms with Crippen molar-refractivity contribution in [3.63, 3.8) is 0 Å². The number of rotatable bonds is 7. The molecule has 0 amide bonds. The molecule has 0 spiro atoms. The topological polar surface area (TPSA) is 46.0 Å². The number of nitrogens with zero attached hydrogens (tertiary/aromatic N) is 2. The molecule has 3 nitrogen and oxygen atoms in total. The summed E-state index contributed by atoms with van der Waals surface area (Å²) >= 11 is 0.